The largest absolute Gasteiger partial charge is 0.497 e. The van der Waals surface area contributed by atoms with Gasteiger partial charge >= 0.3 is 0 Å². The van der Waals surface area contributed by atoms with E-state index in [0.29, 0.717) is 24.9 Å². The number of amides is 1. The molecule has 3 rings (SSSR count). The molecule has 0 radical (unpaired) electrons. The van der Waals surface area contributed by atoms with Gasteiger partial charge in [-0.3, -0.25) is 4.79 Å². The molecule has 1 aliphatic heterocycles. The highest BCUT2D eigenvalue weighted by Crippen LogP contribution is 2.33. The molecule has 1 aliphatic rings. The summed E-state index contributed by atoms with van der Waals surface area (Å²) >= 11 is 0. The van der Waals surface area contributed by atoms with Gasteiger partial charge in [0.05, 0.1) is 7.11 Å². The first-order chi connectivity index (χ1) is 11.6. The summed E-state index contributed by atoms with van der Waals surface area (Å²) in [5, 5.41) is 0. The summed E-state index contributed by atoms with van der Waals surface area (Å²) < 4.78 is 5.22. The minimum atomic E-state index is 0.0760. The van der Waals surface area contributed by atoms with Crippen LogP contribution < -0.4 is 10.5 Å². The van der Waals surface area contributed by atoms with Crippen LogP contribution in [0.4, 0.5) is 0 Å². The average molecular weight is 324 g/mol. The maximum absolute atomic E-state index is 13.0. The Balaban J connectivity index is 1.82. The van der Waals surface area contributed by atoms with Gasteiger partial charge in [-0.25, -0.2) is 0 Å². The van der Waals surface area contributed by atoms with Gasteiger partial charge in [0.2, 0.25) is 0 Å². The smallest absolute Gasteiger partial charge is 0.254 e. The highest BCUT2D eigenvalue weighted by atomic mass is 16.5. The quantitative estimate of drug-likeness (QED) is 0.941. The molecule has 0 saturated carbocycles. The number of carbonyl (C=O) groups excluding carboxylic acids is 1. The third-order valence-electron chi connectivity index (χ3n) is 4.92. The Kier molecular flexibility index (Phi) is 4.86. The van der Waals surface area contributed by atoms with Crippen molar-refractivity contribution < 1.29 is 9.53 Å². The molecular formula is C20H24N2O2. The predicted octanol–water partition coefficient (Wildman–Crippen LogP) is 2.82. The van der Waals surface area contributed by atoms with Crippen molar-refractivity contribution in [1.29, 1.82) is 0 Å². The summed E-state index contributed by atoms with van der Waals surface area (Å²) in [6.45, 7) is 3.96. The lowest BCUT2D eigenvalue weighted by Crippen LogP contribution is -2.30. The Hall–Kier alpha value is -2.33. The lowest BCUT2D eigenvalue weighted by atomic mass is 9.89. The van der Waals surface area contributed by atoms with Crippen LogP contribution in [0.15, 0.2) is 48.5 Å². The van der Waals surface area contributed by atoms with E-state index in [1.54, 1.807) is 7.11 Å². The van der Waals surface area contributed by atoms with Crippen molar-refractivity contribution in [3.05, 3.63) is 65.2 Å². The number of carbonyl (C=O) groups is 1. The minimum Gasteiger partial charge on any atom is -0.497 e. The van der Waals surface area contributed by atoms with E-state index in [2.05, 4.69) is 12.1 Å². The van der Waals surface area contributed by atoms with Crippen molar-refractivity contribution in [1.82, 2.24) is 4.90 Å². The van der Waals surface area contributed by atoms with E-state index in [1.165, 1.54) is 5.56 Å². The summed E-state index contributed by atoms with van der Waals surface area (Å²) in [6, 6.07) is 15.9. The monoisotopic (exact) mass is 324 g/mol. The number of rotatable bonds is 4. The van der Waals surface area contributed by atoms with Crippen LogP contribution in [-0.4, -0.2) is 37.6 Å². The Labute approximate surface area is 143 Å². The maximum atomic E-state index is 13.0. The molecule has 1 saturated heterocycles. The van der Waals surface area contributed by atoms with Crippen LogP contribution in [0.5, 0.6) is 5.75 Å². The summed E-state index contributed by atoms with van der Waals surface area (Å²) in [4.78, 5) is 14.9. The van der Waals surface area contributed by atoms with Gasteiger partial charge in [0.15, 0.2) is 0 Å². The average Bonchev–Trinajstić information content (AvgIpc) is 3.06. The molecule has 0 spiro atoms. The number of aryl methyl sites for hydroxylation is 1. The second-order valence-electron chi connectivity index (χ2n) is 6.40. The second-order valence-corrected chi connectivity index (χ2v) is 6.40. The number of nitrogens with two attached hydrogens (primary N) is 1. The number of hydrogen-bond acceptors (Lipinski definition) is 3. The fourth-order valence-corrected chi connectivity index (χ4v) is 3.53. The molecule has 1 fully saturated rings. The van der Waals surface area contributed by atoms with Crippen LogP contribution >= 0.6 is 0 Å². The topological polar surface area (TPSA) is 55.6 Å². The van der Waals surface area contributed by atoms with Gasteiger partial charge < -0.3 is 15.4 Å². The normalized spacial score (nSPS) is 20.2. The standard InChI is InChI=1S/C20H24N2O2/c1-14-10-17(24-2)8-9-18(14)20(23)22-12-16(11-21)19(13-22)15-6-4-3-5-7-15/h3-10,16,19H,11-13,21H2,1-2H3/t16-,19+/m1/s1. The van der Waals surface area contributed by atoms with Gasteiger partial charge in [-0.05, 0) is 48.7 Å². The van der Waals surface area contributed by atoms with Crippen molar-refractivity contribution in [2.45, 2.75) is 12.8 Å². The summed E-state index contributed by atoms with van der Waals surface area (Å²) in [5.41, 5.74) is 8.91. The highest BCUT2D eigenvalue weighted by Gasteiger charge is 2.35. The minimum absolute atomic E-state index is 0.0760. The lowest BCUT2D eigenvalue weighted by molar-refractivity contribution is 0.0785. The zero-order valence-electron chi connectivity index (χ0n) is 14.2. The van der Waals surface area contributed by atoms with Crippen molar-refractivity contribution in [2.24, 2.45) is 11.7 Å². The molecule has 0 unspecified atom stereocenters. The SMILES string of the molecule is COc1ccc(C(=O)N2C[C@@H](CN)[C@H](c3ccccc3)C2)c(C)c1. The van der Waals surface area contributed by atoms with Crippen LogP contribution in [0.3, 0.4) is 0 Å². The van der Waals surface area contributed by atoms with Gasteiger partial charge in [-0.2, -0.15) is 0 Å². The maximum Gasteiger partial charge on any atom is 0.254 e. The van der Waals surface area contributed by atoms with Gasteiger partial charge in [0.25, 0.3) is 5.91 Å². The summed E-state index contributed by atoms with van der Waals surface area (Å²) in [6.07, 6.45) is 0. The van der Waals surface area contributed by atoms with E-state index in [9.17, 15) is 4.79 Å². The van der Waals surface area contributed by atoms with Crippen LogP contribution in [0, 0.1) is 12.8 Å². The molecule has 1 amide bonds. The van der Waals surface area contributed by atoms with Crippen LogP contribution in [0.25, 0.3) is 0 Å². The van der Waals surface area contributed by atoms with E-state index in [4.69, 9.17) is 10.5 Å². The molecule has 0 bridgehead atoms. The third-order valence-corrected chi connectivity index (χ3v) is 4.92. The van der Waals surface area contributed by atoms with Gasteiger partial charge in [0, 0.05) is 24.6 Å². The van der Waals surface area contributed by atoms with Gasteiger partial charge in [-0.1, -0.05) is 30.3 Å². The van der Waals surface area contributed by atoms with E-state index in [0.717, 1.165) is 23.4 Å². The number of nitrogens with zero attached hydrogens (tertiary/aromatic N) is 1. The Bertz CT molecular complexity index is 715. The highest BCUT2D eigenvalue weighted by molar-refractivity contribution is 5.96. The van der Waals surface area contributed by atoms with Gasteiger partial charge in [-0.15, -0.1) is 0 Å². The molecule has 24 heavy (non-hydrogen) atoms. The number of benzene rings is 2. The Morgan fingerprint density at radius 3 is 2.58 bits per heavy atom. The molecule has 2 aromatic rings. The molecule has 0 aliphatic carbocycles. The zero-order valence-corrected chi connectivity index (χ0v) is 14.2. The number of methoxy groups -OCH3 is 1. The summed E-state index contributed by atoms with van der Waals surface area (Å²) in [7, 11) is 1.63. The van der Waals surface area contributed by atoms with Crippen molar-refractivity contribution in [2.75, 3.05) is 26.7 Å². The molecule has 126 valence electrons. The van der Waals surface area contributed by atoms with Gasteiger partial charge in [0.1, 0.15) is 5.75 Å². The Morgan fingerprint density at radius 2 is 1.96 bits per heavy atom. The molecular weight excluding hydrogens is 300 g/mol. The summed E-state index contributed by atoms with van der Waals surface area (Å²) in [5.74, 6) is 1.45. The first-order valence-corrected chi connectivity index (χ1v) is 8.33. The van der Waals surface area contributed by atoms with Crippen LogP contribution in [0.2, 0.25) is 0 Å². The van der Waals surface area contributed by atoms with E-state index < -0.39 is 0 Å². The van der Waals surface area contributed by atoms with E-state index in [-0.39, 0.29) is 5.91 Å². The molecule has 2 atom stereocenters. The molecule has 0 aromatic heterocycles. The third kappa shape index (κ3) is 3.15. The molecule has 4 nitrogen and oxygen atoms in total. The van der Waals surface area contributed by atoms with Crippen molar-refractivity contribution >= 4 is 5.91 Å². The zero-order chi connectivity index (χ0) is 17.1. The first-order valence-electron chi connectivity index (χ1n) is 8.33. The fraction of sp³-hybridized carbons (Fsp3) is 0.350. The number of likely N-dealkylation sites (tertiary alicyclic amines) is 1. The van der Waals surface area contributed by atoms with Crippen LogP contribution in [-0.2, 0) is 0 Å². The molecule has 2 N–H and O–H groups in total. The van der Waals surface area contributed by atoms with Crippen molar-refractivity contribution in [3.8, 4) is 5.75 Å². The van der Waals surface area contributed by atoms with E-state index >= 15 is 0 Å². The molecule has 1 heterocycles. The van der Waals surface area contributed by atoms with E-state index in [1.807, 2.05) is 48.2 Å². The fourth-order valence-electron chi connectivity index (χ4n) is 3.53. The van der Waals surface area contributed by atoms with Crippen molar-refractivity contribution in [3.63, 3.8) is 0 Å². The van der Waals surface area contributed by atoms with Crippen LogP contribution in [0.1, 0.15) is 27.4 Å². The predicted molar refractivity (Wildman–Crippen MR) is 95.4 cm³/mol. The lowest BCUT2D eigenvalue weighted by Gasteiger charge is -2.18. The molecule has 4 heteroatoms. The Morgan fingerprint density at radius 1 is 1.21 bits per heavy atom. The number of ether oxygens (including phenoxy) is 1. The second kappa shape index (κ2) is 7.05. The number of hydrogen-bond donors (Lipinski definition) is 1. The first kappa shape index (κ1) is 16.5. The molecule has 2 aromatic carbocycles.